The van der Waals surface area contributed by atoms with Crippen molar-refractivity contribution in [3.05, 3.63) is 59.2 Å². The Bertz CT molecular complexity index is 762. The molecule has 118 valence electrons. The molecule has 1 heterocycles. The third-order valence-electron chi connectivity index (χ3n) is 3.97. The zero-order valence-electron chi connectivity index (χ0n) is 13.6. The van der Waals surface area contributed by atoms with E-state index in [0.29, 0.717) is 5.69 Å². The lowest BCUT2D eigenvalue weighted by atomic mass is 10.1. The minimum atomic E-state index is -0.510. The van der Waals surface area contributed by atoms with Crippen LogP contribution in [-0.4, -0.2) is 17.9 Å². The molecule has 1 aliphatic rings. The Morgan fingerprint density at radius 2 is 1.65 bits per heavy atom. The molecule has 1 aliphatic heterocycles. The van der Waals surface area contributed by atoms with E-state index in [0.717, 1.165) is 22.4 Å². The van der Waals surface area contributed by atoms with Crippen LogP contribution in [0.4, 0.5) is 11.4 Å². The van der Waals surface area contributed by atoms with Crippen molar-refractivity contribution < 1.29 is 9.59 Å². The van der Waals surface area contributed by atoms with Gasteiger partial charge in [-0.1, -0.05) is 18.2 Å². The highest BCUT2D eigenvalue weighted by atomic mass is 16.2. The average molecular weight is 308 g/mol. The van der Waals surface area contributed by atoms with Gasteiger partial charge in [0, 0.05) is 5.69 Å². The van der Waals surface area contributed by atoms with Crippen molar-refractivity contribution in [2.45, 2.75) is 33.2 Å². The number of hydrogen-bond acceptors (Lipinski definition) is 3. The predicted molar refractivity (Wildman–Crippen MR) is 91.6 cm³/mol. The highest BCUT2D eigenvalue weighted by molar-refractivity contribution is 6.23. The van der Waals surface area contributed by atoms with E-state index in [1.165, 1.54) is 4.90 Å². The first-order valence-corrected chi connectivity index (χ1v) is 7.72. The molecule has 1 saturated heterocycles. The van der Waals surface area contributed by atoms with Crippen molar-refractivity contribution in [2.75, 3.05) is 10.2 Å². The van der Waals surface area contributed by atoms with E-state index in [-0.39, 0.29) is 18.2 Å². The molecule has 2 aromatic rings. The number of rotatable bonds is 3. The molecule has 0 aliphatic carbocycles. The maximum Gasteiger partial charge on any atom is 0.256 e. The summed E-state index contributed by atoms with van der Waals surface area (Å²) in [5.74, 6) is -0.359. The van der Waals surface area contributed by atoms with Crippen molar-refractivity contribution >= 4 is 23.2 Å². The number of hydrogen-bond donors (Lipinski definition) is 1. The van der Waals surface area contributed by atoms with Gasteiger partial charge in [-0.05, 0) is 61.7 Å². The van der Waals surface area contributed by atoms with E-state index in [1.807, 2.05) is 51.1 Å². The van der Waals surface area contributed by atoms with Crippen LogP contribution in [0.5, 0.6) is 0 Å². The quantitative estimate of drug-likeness (QED) is 0.885. The fraction of sp³-hybridized carbons (Fsp3) is 0.263. The van der Waals surface area contributed by atoms with Crippen LogP contribution < -0.4 is 10.2 Å². The Kier molecular flexibility index (Phi) is 3.90. The van der Waals surface area contributed by atoms with Gasteiger partial charge in [0.2, 0.25) is 5.91 Å². The van der Waals surface area contributed by atoms with Gasteiger partial charge >= 0.3 is 0 Å². The van der Waals surface area contributed by atoms with Crippen LogP contribution in [0, 0.1) is 20.8 Å². The Labute approximate surface area is 136 Å². The summed E-state index contributed by atoms with van der Waals surface area (Å²) in [6.07, 6.45) is 0.180. The van der Waals surface area contributed by atoms with Gasteiger partial charge in [-0.15, -0.1) is 0 Å². The maximum absolute atomic E-state index is 12.6. The largest absolute Gasteiger partial charge is 0.373 e. The molecule has 0 spiro atoms. The van der Waals surface area contributed by atoms with Crippen LogP contribution in [0.25, 0.3) is 0 Å². The van der Waals surface area contributed by atoms with Gasteiger partial charge in [0.25, 0.3) is 5.91 Å². The highest BCUT2D eigenvalue weighted by Gasteiger charge is 2.39. The lowest BCUT2D eigenvalue weighted by Gasteiger charge is -2.17. The Morgan fingerprint density at radius 1 is 0.957 bits per heavy atom. The number of amides is 2. The summed E-state index contributed by atoms with van der Waals surface area (Å²) in [6, 6.07) is 13.0. The number of aryl methyl sites for hydroxylation is 3. The SMILES string of the molecule is Cc1cc(C)cc(NC2CC(=O)N(c3cccc(C)c3)C2=O)c1. The highest BCUT2D eigenvalue weighted by Crippen LogP contribution is 2.26. The van der Waals surface area contributed by atoms with E-state index < -0.39 is 6.04 Å². The number of nitrogens with zero attached hydrogens (tertiary/aromatic N) is 1. The summed E-state index contributed by atoms with van der Waals surface area (Å²) >= 11 is 0. The van der Waals surface area contributed by atoms with Gasteiger partial charge in [-0.2, -0.15) is 0 Å². The fourth-order valence-electron chi connectivity index (χ4n) is 3.04. The van der Waals surface area contributed by atoms with Gasteiger partial charge in [-0.25, -0.2) is 4.90 Å². The van der Waals surface area contributed by atoms with E-state index in [1.54, 1.807) is 6.07 Å². The number of carbonyl (C=O) groups excluding carboxylic acids is 2. The van der Waals surface area contributed by atoms with E-state index >= 15 is 0 Å². The number of benzene rings is 2. The number of anilines is 2. The van der Waals surface area contributed by atoms with Crippen molar-refractivity contribution in [1.29, 1.82) is 0 Å². The summed E-state index contributed by atoms with van der Waals surface area (Å²) < 4.78 is 0. The standard InChI is InChI=1S/C19H20N2O2/c1-12-5-4-6-16(10-12)21-18(22)11-17(19(21)23)20-15-8-13(2)7-14(3)9-15/h4-10,17,20H,11H2,1-3H3. The molecule has 2 aromatic carbocycles. The zero-order chi connectivity index (χ0) is 16.6. The molecule has 1 atom stereocenters. The maximum atomic E-state index is 12.6. The van der Waals surface area contributed by atoms with Crippen LogP contribution in [0.3, 0.4) is 0 Å². The van der Waals surface area contributed by atoms with Crippen LogP contribution in [0.15, 0.2) is 42.5 Å². The van der Waals surface area contributed by atoms with Crippen LogP contribution in [-0.2, 0) is 9.59 Å². The van der Waals surface area contributed by atoms with E-state index in [2.05, 4.69) is 11.4 Å². The molecule has 1 unspecified atom stereocenters. The first kappa shape index (κ1) is 15.3. The van der Waals surface area contributed by atoms with Crippen molar-refractivity contribution in [3.63, 3.8) is 0 Å². The minimum absolute atomic E-state index is 0.164. The molecule has 23 heavy (non-hydrogen) atoms. The smallest absolute Gasteiger partial charge is 0.256 e. The van der Waals surface area contributed by atoms with Gasteiger partial charge in [0.1, 0.15) is 6.04 Å². The summed E-state index contributed by atoms with van der Waals surface area (Å²) in [4.78, 5) is 26.2. The summed E-state index contributed by atoms with van der Waals surface area (Å²) in [5.41, 5.74) is 4.79. The fourth-order valence-corrected chi connectivity index (χ4v) is 3.04. The van der Waals surface area contributed by atoms with E-state index in [9.17, 15) is 9.59 Å². The molecule has 2 amide bonds. The zero-order valence-corrected chi connectivity index (χ0v) is 13.6. The number of nitrogens with one attached hydrogen (secondary N) is 1. The Morgan fingerprint density at radius 3 is 2.30 bits per heavy atom. The Hall–Kier alpha value is -2.62. The van der Waals surface area contributed by atoms with Crippen LogP contribution in [0.1, 0.15) is 23.1 Å². The molecular formula is C19H20N2O2. The lowest BCUT2D eigenvalue weighted by molar-refractivity contribution is -0.121. The van der Waals surface area contributed by atoms with Gasteiger partial charge < -0.3 is 5.32 Å². The second kappa shape index (κ2) is 5.88. The second-order valence-corrected chi connectivity index (χ2v) is 6.18. The van der Waals surface area contributed by atoms with E-state index in [4.69, 9.17) is 0 Å². The lowest BCUT2D eigenvalue weighted by Crippen LogP contribution is -2.34. The third kappa shape index (κ3) is 3.11. The summed E-state index contributed by atoms with van der Waals surface area (Å²) in [5, 5.41) is 3.21. The van der Waals surface area contributed by atoms with Crippen LogP contribution in [0.2, 0.25) is 0 Å². The third-order valence-corrected chi connectivity index (χ3v) is 3.97. The molecule has 4 heteroatoms. The van der Waals surface area contributed by atoms with Crippen molar-refractivity contribution in [2.24, 2.45) is 0 Å². The molecule has 0 aromatic heterocycles. The van der Waals surface area contributed by atoms with Gasteiger partial charge in [0.15, 0.2) is 0 Å². The normalized spacial score (nSPS) is 17.7. The summed E-state index contributed by atoms with van der Waals surface area (Å²) in [6.45, 7) is 5.97. The predicted octanol–water partition coefficient (Wildman–Crippen LogP) is 3.36. The first-order valence-electron chi connectivity index (χ1n) is 7.72. The molecule has 3 rings (SSSR count). The van der Waals surface area contributed by atoms with Crippen molar-refractivity contribution in [1.82, 2.24) is 0 Å². The molecule has 0 bridgehead atoms. The topological polar surface area (TPSA) is 49.4 Å². The minimum Gasteiger partial charge on any atom is -0.373 e. The van der Waals surface area contributed by atoms with Crippen molar-refractivity contribution in [3.8, 4) is 0 Å². The van der Waals surface area contributed by atoms with Crippen LogP contribution >= 0.6 is 0 Å². The van der Waals surface area contributed by atoms with Gasteiger partial charge in [0.05, 0.1) is 12.1 Å². The van der Waals surface area contributed by atoms with Gasteiger partial charge in [-0.3, -0.25) is 9.59 Å². The average Bonchev–Trinajstić information content (AvgIpc) is 2.72. The molecule has 0 saturated carbocycles. The molecule has 0 radical (unpaired) electrons. The first-order chi connectivity index (χ1) is 10.9. The monoisotopic (exact) mass is 308 g/mol. The second-order valence-electron chi connectivity index (χ2n) is 6.18. The summed E-state index contributed by atoms with van der Waals surface area (Å²) in [7, 11) is 0. The number of imide groups is 1. The molecule has 4 nitrogen and oxygen atoms in total. The molecule has 1 fully saturated rings. The molecular weight excluding hydrogens is 288 g/mol. The molecule has 1 N–H and O–H groups in total. The Balaban J connectivity index is 1.83. The number of carbonyl (C=O) groups is 2.